The topological polar surface area (TPSA) is 101 Å². The summed E-state index contributed by atoms with van der Waals surface area (Å²) in [6.45, 7) is 2.40. The van der Waals surface area contributed by atoms with Crippen molar-refractivity contribution in [1.82, 2.24) is 0 Å². The van der Waals surface area contributed by atoms with Crippen LogP contribution in [0.2, 0.25) is 0 Å². The monoisotopic (exact) mass is 299 g/mol. The van der Waals surface area contributed by atoms with E-state index in [1.54, 1.807) is 24.3 Å². The smallest absolute Gasteiger partial charge is 0.229 e. The van der Waals surface area contributed by atoms with E-state index in [1.165, 1.54) is 0 Å². The van der Waals surface area contributed by atoms with E-state index in [-0.39, 0.29) is 11.8 Å². The van der Waals surface area contributed by atoms with Gasteiger partial charge in [0.1, 0.15) is 0 Å². The van der Waals surface area contributed by atoms with E-state index in [9.17, 15) is 13.2 Å². The van der Waals surface area contributed by atoms with Crippen LogP contribution in [-0.2, 0) is 14.8 Å². The number of carbonyl (C=O) groups is 1. The number of benzene rings is 1. The van der Waals surface area contributed by atoms with E-state index in [0.717, 1.165) is 19.1 Å². The van der Waals surface area contributed by atoms with Gasteiger partial charge in [-0.25, -0.2) is 8.42 Å². The number of hydrogen-bond acceptors (Lipinski definition) is 4. The van der Waals surface area contributed by atoms with Gasteiger partial charge in [-0.3, -0.25) is 9.52 Å². The maximum atomic E-state index is 11.9. The molecule has 4 N–H and O–H groups in total. The Kier molecular flexibility index (Phi) is 5.97. The number of amides is 1. The predicted octanol–water partition coefficient (Wildman–Crippen LogP) is 1.37. The molecule has 1 amide bonds. The molecule has 0 aliphatic carbocycles. The van der Waals surface area contributed by atoms with Crippen LogP contribution < -0.4 is 15.8 Å². The van der Waals surface area contributed by atoms with E-state index >= 15 is 0 Å². The molecular formula is C13H21N3O3S. The van der Waals surface area contributed by atoms with Gasteiger partial charge in [-0.1, -0.05) is 13.0 Å². The normalized spacial score (nSPS) is 12.8. The molecule has 0 fully saturated rings. The summed E-state index contributed by atoms with van der Waals surface area (Å²) in [6, 6.07) is 6.58. The fraction of sp³-hybridized carbons (Fsp3) is 0.462. The molecule has 0 aromatic heterocycles. The molecule has 0 bridgehead atoms. The Morgan fingerprint density at radius 2 is 2.00 bits per heavy atom. The first-order valence-corrected chi connectivity index (χ1v) is 8.30. The first kappa shape index (κ1) is 16.5. The van der Waals surface area contributed by atoms with Crippen molar-refractivity contribution in [3.05, 3.63) is 24.3 Å². The van der Waals surface area contributed by atoms with Crippen molar-refractivity contribution in [1.29, 1.82) is 0 Å². The van der Waals surface area contributed by atoms with Gasteiger partial charge in [0.15, 0.2) is 0 Å². The van der Waals surface area contributed by atoms with Crippen LogP contribution in [0, 0.1) is 5.92 Å². The molecular weight excluding hydrogens is 278 g/mol. The lowest BCUT2D eigenvalue weighted by molar-refractivity contribution is -0.119. The second kappa shape index (κ2) is 7.25. The summed E-state index contributed by atoms with van der Waals surface area (Å²) in [5.41, 5.74) is 6.39. The van der Waals surface area contributed by atoms with Crippen molar-refractivity contribution in [3.8, 4) is 0 Å². The number of nitrogens with one attached hydrogen (secondary N) is 2. The fourth-order valence-corrected chi connectivity index (χ4v) is 2.25. The Labute approximate surface area is 119 Å². The quantitative estimate of drug-likeness (QED) is 0.707. The maximum absolute atomic E-state index is 11.9. The number of rotatable bonds is 7. The van der Waals surface area contributed by atoms with Crippen molar-refractivity contribution >= 4 is 27.3 Å². The molecule has 0 aliphatic rings. The SMILES string of the molecule is CC(CCCN)C(=O)Nc1cccc(NS(C)(=O)=O)c1. The molecule has 7 heteroatoms. The summed E-state index contributed by atoms with van der Waals surface area (Å²) < 4.78 is 24.7. The Balaban J connectivity index is 2.68. The summed E-state index contributed by atoms with van der Waals surface area (Å²) in [4.78, 5) is 11.9. The Morgan fingerprint density at radius 3 is 2.60 bits per heavy atom. The summed E-state index contributed by atoms with van der Waals surface area (Å²) in [7, 11) is -3.33. The molecule has 1 rings (SSSR count). The van der Waals surface area contributed by atoms with Gasteiger partial charge in [0.2, 0.25) is 15.9 Å². The van der Waals surface area contributed by atoms with Gasteiger partial charge in [-0.15, -0.1) is 0 Å². The molecule has 1 aromatic rings. The van der Waals surface area contributed by atoms with Gasteiger partial charge in [-0.05, 0) is 37.6 Å². The molecule has 0 aliphatic heterocycles. The minimum absolute atomic E-state index is 0.102. The highest BCUT2D eigenvalue weighted by Crippen LogP contribution is 2.17. The molecule has 1 atom stereocenters. The first-order chi connectivity index (χ1) is 9.31. The Morgan fingerprint density at radius 1 is 1.35 bits per heavy atom. The number of sulfonamides is 1. The third-order valence-electron chi connectivity index (χ3n) is 2.72. The second-order valence-electron chi connectivity index (χ2n) is 4.78. The standard InChI is InChI=1S/C13H21N3O3S/c1-10(5-4-8-14)13(17)15-11-6-3-7-12(9-11)16-20(2,18)19/h3,6-7,9-10,16H,4-5,8,14H2,1-2H3,(H,15,17). The average Bonchev–Trinajstić information content (AvgIpc) is 2.34. The number of nitrogens with two attached hydrogens (primary N) is 1. The molecule has 1 unspecified atom stereocenters. The highest BCUT2D eigenvalue weighted by Gasteiger charge is 2.12. The highest BCUT2D eigenvalue weighted by molar-refractivity contribution is 7.92. The van der Waals surface area contributed by atoms with Crippen molar-refractivity contribution in [2.24, 2.45) is 11.7 Å². The van der Waals surface area contributed by atoms with E-state index in [0.29, 0.717) is 17.9 Å². The van der Waals surface area contributed by atoms with Crippen molar-refractivity contribution in [2.45, 2.75) is 19.8 Å². The molecule has 112 valence electrons. The van der Waals surface area contributed by atoms with Gasteiger partial charge in [0.05, 0.1) is 11.9 Å². The maximum Gasteiger partial charge on any atom is 0.229 e. The molecule has 0 heterocycles. The van der Waals surface area contributed by atoms with Gasteiger partial charge in [0, 0.05) is 11.6 Å². The van der Waals surface area contributed by atoms with E-state index in [1.807, 2.05) is 6.92 Å². The van der Waals surface area contributed by atoms with Crippen LogP contribution in [0.1, 0.15) is 19.8 Å². The molecule has 6 nitrogen and oxygen atoms in total. The van der Waals surface area contributed by atoms with Crippen LogP contribution >= 0.6 is 0 Å². The Bertz CT molecular complexity index is 558. The zero-order valence-corrected chi connectivity index (χ0v) is 12.5. The molecule has 0 radical (unpaired) electrons. The molecule has 0 saturated carbocycles. The highest BCUT2D eigenvalue weighted by atomic mass is 32.2. The lowest BCUT2D eigenvalue weighted by Crippen LogP contribution is -2.21. The fourth-order valence-electron chi connectivity index (χ4n) is 1.70. The van der Waals surface area contributed by atoms with E-state index in [2.05, 4.69) is 10.0 Å². The third-order valence-corrected chi connectivity index (χ3v) is 3.33. The third kappa shape index (κ3) is 6.03. The molecule has 0 spiro atoms. The number of carbonyl (C=O) groups excluding carboxylic acids is 1. The molecule has 1 aromatic carbocycles. The minimum atomic E-state index is -3.33. The minimum Gasteiger partial charge on any atom is -0.330 e. The number of hydrogen-bond donors (Lipinski definition) is 3. The molecule has 20 heavy (non-hydrogen) atoms. The zero-order valence-electron chi connectivity index (χ0n) is 11.7. The van der Waals surface area contributed by atoms with Crippen molar-refractivity contribution < 1.29 is 13.2 Å². The van der Waals surface area contributed by atoms with Gasteiger partial charge >= 0.3 is 0 Å². The summed E-state index contributed by atoms with van der Waals surface area (Å²) in [5.74, 6) is -0.236. The number of anilines is 2. The summed E-state index contributed by atoms with van der Waals surface area (Å²) >= 11 is 0. The lowest BCUT2D eigenvalue weighted by atomic mass is 10.0. The van der Waals surface area contributed by atoms with Crippen molar-refractivity contribution in [2.75, 3.05) is 22.8 Å². The van der Waals surface area contributed by atoms with Crippen LogP contribution in [-0.4, -0.2) is 27.1 Å². The van der Waals surface area contributed by atoms with Crippen LogP contribution in [0.5, 0.6) is 0 Å². The largest absolute Gasteiger partial charge is 0.330 e. The van der Waals surface area contributed by atoms with Crippen LogP contribution in [0.4, 0.5) is 11.4 Å². The van der Waals surface area contributed by atoms with Crippen LogP contribution in [0.3, 0.4) is 0 Å². The Hall–Kier alpha value is -1.60. The van der Waals surface area contributed by atoms with Gasteiger partial charge in [-0.2, -0.15) is 0 Å². The van der Waals surface area contributed by atoms with Crippen LogP contribution in [0.25, 0.3) is 0 Å². The zero-order chi connectivity index (χ0) is 15.2. The molecule has 0 saturated heterocycles. The first-order valence-electron chi connectivity index (χ1n) is 6.40. The van der Waals surface area contributed by atoms with Crippen LogP contribution in [0.15, 0.2) is 24.3 Å². The van der Waals surface area contributed by atoms with E-state index < -0.39 is 10.0 Å². The van der Waals surface area contributed by atoms with Crippen molar-refractivity contribution in [3.63, 3.8) is 0 Å². The lowest BCUT2D eigenvalue weighted by Gasteiger charge is -2.12. The summed E-state index contributed by atoms with van der Waals surface area (Å²) in [5, 5.41) is 2.76. The van der Waals surface area contributed by atoms with Gasteiger partial charge in [0.25, 0.3) is 0 Å². The van der Waals surface area contributed by atoms with E-state index in [4.69, 9.17) is 5.73 Å². The predicted molar refractivity (Wildman–Crippen MR) is 81.0 cm³/mol. The van der Waals surface area contributed by atoms with Gasteiger partial charge < -0.3 is 11.1 Å². The average molecular weight is 299 g/mol. The second-order valence-corrected chi connectivity index (χ2v) is 6.52. The summed E-state index contributed by atoms with van der Waals surface area (Å²) in [6.07, 6.45) is 2.60.